The molecule has 0 N–H and O–H groups in total. The van der Waals surface area contributed by atoms with Gasteiger partial charge in [0.1, 0.15) is 16.5 Å². The van der Waals surface area contributed by atoms with Crippen LogP contribution < -0.4 is 4.90 Å². The van der Waals surface area contributed by atoms with E-state index in [0.717, 1.165) is 61.2 Å². The van der Waals surface area contributed by atoms with Crippen LogP contribution in [0.15, 0.2) is 35.7 Å². The normalized spacial score (nSPS) is 21.8. The number of aryl methyl sites for hydroxylation is 1. The number of fused-ring (bicyclic) bond motifs is 3. The van der Waals surface area contributed by atoms with E-state index in [0.29, 0.717) is 38.6 Å². The van der Waals surface area contributed by atoms with Crippen LogP contribution in [0.2, 0.25) is 0 Å². The number of anilines is 1. The Morgan fingerprint density at radius 3 is 2.58 bits per heavy atom. The Kier molecular flexibility index (Phi) is 7.50. The smallest absolute Gasteiger partial charge is 0.236 e. The van der Waals surface area contributed by atoms with Crippen LogP contribution in [0.3, 0.4) is 0 Å². The summed E-state index contributed by atoms with van der Waals surface area (Å²) in [5.41, 5.74) is 2.29. The van der Waals surface area contributed by atoms with Crippen LogP contribution in [0, 0.1) is 5.92 Å². The molecule has 0 unspecified atom stereocenters. The average molecular weight is 554 g/mol. The van der Waals surface area contributed by atoms with Crippen LogP contribution in [-0.4, -0.2) is 80.1 Å². The lowest BCUT2D eigenvalue weighted by molar-refractivity contribution is 0.0331. The van der Waals surface area contributed by atoms with Crippen LogP contribution >= 0.6 is 11.3 Å². The molecular weight excluding hydrogens is 518 g/mol. The molecule has 1 aromatic carbocycles. The Labute approximate surface area is 229 Å². The molecule has 2 aliphatic heterocycles. The molecule has 0 amide bonds. The number of morpholine rings is 1. The van der Waals surface area contributed by atoms with Gasteiger partial charge in [-0.3, -0.25) is 4.90 Å². The number of rotatable bonds is 6. The van der Waals surface area contributed by atoms with Gasteiger partial charge in [-0.15, -0.1) is 11.3 Å². The van der Waals surface area contributed by atoms with Crippen molar-refractivity contribution in [1.82, 2.24) is 19.2 Å². The van der Waals surface area contributed by atoms with Gasteiger partial charge in [0, 0.05) is 49.6 Å². The number of benzene rings is 1. The van der Waals surface area contributed by atoms with Crippen molar-refractivity contribution in [1.29, 1.82) is 0 Å². The van der Waals surface area contributed by atoms with Crippen molar-refractivity contribution in [3.63, 3.8) is 0 Å². The van der Waals surface area contributed by atoms with Crippen molar-refractivity contribution in [2.45, 2.75) is 32.7 Å². The third-order valence-electron chi connectivity index (χ3n) is 7.78. The van der Waals surface area contributed by atoms with Crippen LogP contribution in [0.4, 0.5) is 5.82 Å². The predicted molar refractivity (Wildman–Crippen MR) is 153 cm³/mol. The van der Waals surface area contributed by atoms with Gasteiger partial charge in [0.2, 0.25) is 10.0 Å². The first kappa shape index (κ1) is 25.9. The number of sulfonamides is 1. The lowest BCUT2D eigenvalue weighted by Crippen LogP contribution is -2.48. The zero-order valence-electron chi connectivity index (χ0n) is 21.9. The zero-order valence-corrected chi connectivity index (χ0v) is 23.5. The Hall–Kier alpha value is -2.37. The summed E-state index contributed by atoms with van der Waals surface area (Å²) >= 11 is 1.83. The quantitative estimate of drug-likeness (QED) is 0.460. The van der Waals surface area contributed by atoms with Crippen LogP contribution in [0.5, 0.6) is 0 Å². The highest BCUT2D eigenvalue weighted by Gasteiger charge is 2.30. The van der Waals surface area contributed by atoms with Gasteiger partial charge >= 0.3 is 0 Å². The lowest BCUT2D eigenvalue weighted by atomic mass is 9.89. The van der Waals surface area contributed by atoms with Gasteiger partial charge in [0.15, 0.2) is 0 Å². The molecule has 6 rings (SSSR count). The van der Waals surface area contributed by atoms with E-state index >= 15 is 0 Å². The minimum Gasteiger partial charge on any atom is -0.379 e. The second-order valence-corrected chi connectivity index (χ2v) is 13.4. The van der Waals surface area contributed by atoms with E-state index in [-0.39, 0.29) is 0 Å². The molecule has 10 heteroatoms. The van der Waals surface area contributed by atoms with Gasteiger partial charge in [-0.05, 0) is 42.4 Å². The lowest BCUT2D eigenvalue weighted by Gasteiger charge is -2.35. The highest BCUT2D eigenvalue weighted by molar-refractivity contribution is 7.92. The van der Waals surface area contributed by atoms with Gasteiger partial charge in [-0.25, -0.2) is 18.4 Å². The first-order chi connectivity index (χ1) is 18.5. The molecule has 3 aliphatic rings. The molecule has 2 fully saturated rings. The molecule has 0 spiro atoms. The number of aromatic nitrogens is 2. The summed E-state index contributed by atoms with van der Waals surface area (Å²) in [5.74, 6) is 2.53. The maximum Gasteiger partial charge on any atom is 0.236 e. The highest BCUT2D eigenvalue weighted by Crippen LogP contribution is 2.41. The molecule has 202 valence electrons. The first-order valence-corrected chi connectivity index (χ1v) is 15.9. The van der Waals surface area contributed by atoms with Gasteiger partial charge in [-0.1, -0.05) is 37.3 Å². The third-order valence-corrected chi connectivity index (χ3v) is 10.5. The van der Waals surface area contributed by atoms with E-state index in [1.165, 1.54) is 27.7 Å². The summed E-state index contributed by atoms with van der Waals surface area (Å²) in [6.45, 7) is 8.42. The second-order valence-electron chi connectivity index (χ2n) is 10.5. The maximum absolute atomic E-state index is 13.1. The fraction of sp³-hybridized carbons (Fsp3) is 0.500. The molecular formula is C28H35N5O3S2. The summed E-state index contributed by atoms with van der Waals surface area (Å²) in [6.07, 6.45) is 5.03. The van der Waals surface area contributed by atoms with Crippen molar-refractivity contribution in [2.24, 2.45) is 5.92 Å². The van der Waals surface area contributed by atoms with E-state index in [2.05, 4.69) is 16.7 Å². The van der Waals surface area contributed by atoms with Crippen molar-refractivity contribution < 1.29 is 13.2 Å². The Bertz CT molecular complexity index is 1410. The molecule has 2 aromatic heterocycles. The first-order valence-electron chi connectivity index (χ1n) is 13.6. The number of hydrogen-bond acceptors (Lipinski definition) is 8. The summed E-state index contributed by atoms with van der Waals surface area (Å²) in [4.78, 5) is 17.4. The van der Waals surface area contributed by atoms with E-state index in [1.54, 1.807) is 10.4 Å². The SMILES string of the molecule is C[C@@H]1CCc2c(sc3nc(CN4CCOCC4)nc(N4CCN(S(=O)(=O)/C=C/c5ccccc5)CC4)c23)C1. The summed E-state index contributed by atoms with van der Waals surface area (Å²) < 4.78 is 33.2. The highest BCUT2D eigenvalue weighted by atomic mass is 32.2. The Morgan fingerprint density at radius 2 is 1.82 bits per heavy atom. The fourth-order valence-electron chi connectivity index (χ4n) is 5.59. The molecule has 8 nitrogen and oxygen atoms in total. The molecule has 1 aliphatic carbocycles. The fourth-order valence-corrected chi connectivity index (χ4v) is 8.16. The molecule has 3 aromatic rings. The summed E-state index contributed by atoms with van der Waals surface area (Å²) in [7, 11) is -3.49. The molecule has 0 bridgehead atoms. The largest absolute Gasteiger partial charge is 0.379 e. The second kappa shape index (κ2) is 11.0. The third kappa shape index (κ3) is 5.51. The van der Waals surface area contributed by atoms with Gasteiger partial charge < -0.3 is 9.64 Å². The topological polar surface area (TPSA) is 78.9 Å². The number of hydrogen-bond donors (Lipinski definition) is 0. The molecule has 38 heavy (non-hydrogen) atoms. The van der Waals surface area contributed by atoms with E-state index in [9.17, 15) is 8.42 Å². The van der Waals surface area contributed by atoms with Gasteiger partial charge in [0.05, 0.1) is 25.1 Å². The summed E-state index contributed by atoms with van der Waals surface area (Å²) in [6, 6.07) is 9.55. The predicted octanol–water partition coefficient (Wildman–Crippen LogP) is 3.77. The van der Waals surface area contributed by atoms with Crippen LogP contribution in [0.25, 0.3) is 16.3 Å². The van der Waals surface area contributed by atoms with E-state index in [4.69, 9.17) is 14.7 Å². The Morgan fingerprint density at radius 1 is 1.05 bits per heavy atom. The number of piperazine rings is 1. The van der Waals surface area contributed by atoms with E-state index < -0.39 is 10.0 Å². The molecule has 0 radical (unpaired) electrons. The molecule has 1 atom stereocenters. The molecule has 4 heterocycles. The summed E-state index contributed by atoms with van der Waals surface area (Å²) in [5, 5.41) is 2.53. The average Bonchev–Trinajstić information content (AvgIpc) is 3.30. The standard InChI is InChI=1S/C28H35N5O3S2/c1-21-7-8-23-24(19-21)37-28-26(23)27(29-25(30-28)20-31-14-16-36-17-15-31)32-10-12-33(13-11-32)38(34,35)18-9-22-5-3-2-4-6-22/h2-6,9,18,21H,7-8,10-17,19-20H2,1H3/b18-9+/t21-/m1/s1. The maximum atomic E-state index is 13.1. The van der Waals surface area contributed by atoms with Crippen molar-refractivity contribution >= 4 is 43.5 Å². The van der Waals surface area contributed by atoms with Gasteiger partial charge in [0.25, 0.3) is 0 Å². The van der Waals surface area contributed by atoms with Crippen LogP contribution in [-0.2, 0) is 34.1 Å². The van der Waals surface area contributed by atoms with Crippen molar-refractivity contribution in [2.75, 3.05) is 57.4 Å². The van der Waals surface area contributed by atoms with Crippen LogP contribution in [0.1, 0.15) is 35.2 Å². The van der Waals surface area contributed by atoms with Crippen molar-refractivity contribution in [3.8, 4) is 0 Å². The minimum absolute atomic E-state index is 0.440. The van der Waals surface area contributed by atoms with Gasteiger partial charge in [-0.2, -0.15) is 4.31 Å². The number of thiophene rings is 1. The number of ether oxygens (including phenoxy) is 1. The van der Waals surface area contributed by atoms with Crippen molar-refractivity contribution in [3.05, 3.63) is 57.6 Å². The monoisotopic (exact) mass is 553 g/mol. The molecule has 0 saturated carbocycles. The number of nitrogens with zero attached hydrogens (tertiary/aromatic N) is 5. The van der Waals surface area contributed by atoms with E-state index in [1.807, 2.05) is 41.7 Å². The zero-order chi connectivity index (χ0) is 26.1. The Balaban J connectivity index is 1.26. The minimum atomic E-state index is -3.49. The molecule has 2 saturated heterocycles.